The second kappa shape index (κ2) is 10.3. The maximum Gasteiger partial charge on any atom is -0.0162 e. The van der Waals surface area contributed by atoms with Gasteiger partial charge in [-0.3, -0.25) is 0 Å². The molecule has 0 unspecified atom stereocenters. The van der Waals surface area contributed by atoms with Gasteiger partial charge in [-0.25, -0.2) is 0 Å². The Morgan fingerprint density at radius 3 is 2.42 bits per heavy atom. The van der Waals surface area contributed by atoms with Gasteiger partial charge in [-0.05, 0) is 18.9 Å². The van der Waals surface area contributed by atoms with E-state index in [9.17, 15) is 0 Å². The predicted octanol–water partition coefficient (Wildman–Crippen LogP) is 3.93. The molecule has 0 aliphatic carbocycles. The van der Waals surface area contributed by atoms with E-state index in [1.54, 1.807) is 6.08 Å². The molecule has 0 amide bonds. The van der Waals surface area contributed by atoms with Crippen LogP contribution >= 0.6 is 0 Å². The Balaban J connectivity index is 2.92. The van der Waals surface area contributed by atoms with Crippen LogP contribution in [-0.2, 0) is 0 Å². The first-order valence-electron chi connectivity index (χ1n) is 5.03. The van der Waals surface area contributed by atoms with Crippen molar-refractivity contribution in [1.82, 2.24) is 0 Å². The van der Waals surface area contributed by atoms with Gasteiger partial charge < -0.3 is 0 Å². The molecule has 0 bridgehead atoms. The highest BCUT2D eigenvalue weighted by Crippen LogP contribution is 2.06. The van der Waals surface area contributed by atoms with E-state index in [0.717, 1.165) is 6.42 Å². The molecule has 0 nitrogen and oxygen atoms in total. The van der Waals surface area contributed by atoms with Gasteiger partial charge in [0.05, 0.1) is 0 Å². The molecule has 68 valence electrons. The molecule has 0 fully saturated rings. The van der Waals surface area contributed by atoms with Crippen molar-refractivity contribution in [3.05, 3.63) is 12.2 Å². The Morgan fingerprint density at radius 1 is 1.08 bits per heavy atom. The molecule has 0 aliphatic rings. The summed E-state index contributed by atoms with van der Waals surface area (Å²) in [7, 11) is 0. The minimum absolute atomic E-state index is 1.15. The normalized spacial score (nSPS) is 10.3. The smallest absolute Gasteiger partial charge is 0.0162 e. The van der Waals surface area contributed by atoms with Crippen molar-refractivity contribution in [3.63, 3.8) is 0 Å². The molecule has 12 heavy (non-hydrogen) atoms. The van der Waals surface area contributed by atoms with Gasteiger partial charge in [-0.15, -0.1) is 6.42 Å². The molecule has 0 spiro atoms. The van der Waals surface area contributed by atoms with Gasteiger partial charge in [0.2, 0.25) is 0 Å². The van der Waals surface area contributed by atoms with E-state index in [4.69, 9.17) is 6.42 Å². The van der Waals surface area contributed by atoms with E-state index < -0.39 is 0 Å². The minimum Gasteiger partial charge on any atom is -0.115 e. The van der Waals surface area contributed by atoms with E-state index >= 15 is 0 Å². The third kappa shape index (κ3) is 9.30. The molecule has 0 saturated carbocycles. The summed E-state index contributed by atoms with van der Waals surface area (Å²) in [5.41, 5.74) is 0. The SMILES string of the molecule is C#C/C=C/CCCCCCCC. The molecule has 0 heterocycles. The number of hydrogen-bond acceptors (Lipinski definition) is 0. The first kappa shape index (κ1) is 11.3. The molecular weight excluding hydrogens is 144 g/mol. The molecule has 0 atom stereocenters. The van der Waals surface area contributed by atoms with Crippen LogP contribution in [0.15, 0.2) is 12.2 Å². The topological polar surface area (TPSA) is 0 Å². The monoisotopic (exact) mass is 164 g/mol. The van der Waals surface area contributed by atoms with Gasteiger partial charge in [0.15, 0.2) is 0 Å². The molecule has 0 aromatic carbocycles. The van der Waals surface area contributed by atoms with Crippen molar-refractivity contribution >= 4 is 0 Å². The molecule has 0 radical (unpaired) electrons. The van der Waals surface area contributed by atoms with Gasteiger partial charge in [0, 0.05) is 0 Å². The second-order valence-electron chi connectivity index (χ2n) is 3.13. The Hall–Kier alpha value is -0.700. The molecular formula is C12H20. The maximum absolute atomic E-state index is 5.07. The molecule has 0 heteroatoms. The van der Waals surface area contributed by atoms with Crippen molar-refractivity contribution < 1.29 is 0 Å². The van der Waals surface area contributed by atoms with E-state index in [1.165, 1.54) is 38.5 Å². The number of allylic oxidation sites excluding steroid dienone is 2. The first-order chi connectivity index (χ1) is 5.91. The zero-order valence-electron chi connectivity index (χ0n) is 8.18. The van der Waals surface area contributed by atoms with Gasteiger partial charge in [0.25, 0.3) is 0 Å². The van der Waals surface area contributed by atoms with Gasteiger partial charge in [-0.1, -0.05) is 51.0 Å². The van der Waals surface area contributed by atoms with E-state index in [0.29, 0.717) is 0 Å². The lowest BCUT2D eigenvalue weighted by Crippen LogP contribution is -1.77. The third-order valence-electron chi connectivity index (χ3n) is 1.94. The number of terminal acetylenes is 1. The van der Waals surface area contributed by atoms with Crippen molar-refractivity contribution in [2.75, 3.05) is 0 Å². The van der Waals surface area contributed by atoms with Crippen LogP contribution < -0.4 is 0 Å². The summed E-state index contributed by atoms with van der Waals surface area (Å²) < 4.78 is 0. The lowest BCUT2D eigenvalue weighted by molar-refractivity contribution is 0.611. The van der Waals surface area contributed by atoms with Crippen LogP contribution in [0.2, 0.25) is 0 Å². The summed E-state index contributed by atoms with van der Waals surface area (Å²) in [6.45, 7) is 2.25. The summed E-state index contributed by atoms with van der Waals surface area (Å²) >= 11 is 0. The Bertz CT molecular complexity index is 137. The van der Waals surface area contributed by atoms with Crippen molar-refractivity contribution in [3.8, 4) is 12.3 Å². The maximum atomic E-state index is 5.07. The molecule has 0 N–H and O–H groups in total. The quantitative estimate of drug-likeness (QED) is 0.395. The predicted molar refractivity (Wildman–Crippen MR) is 56.0 cm³/mol. The van der Waals surface area contributed by atoms with Crippen molar-refractivity contribution in [2.24, 2.45) is 0 Å². The fraction of sp³-hybridized carbons (Fsp3) is 0.667. The standard InChI is InChI=1S/C12H20/c1-3-5-7-9-11-12-10-8-6-4-2/h1,5,7H,4,6,8-12H2,2H3/b7-5+. The first-order valence-corrected chi connectivity index (χ1v) is 5.03. The van der Waals surface area contributed by atoms with Gasteiger partial charge in [0.1, 0.15) is 0 Å². The van der Waals surface area contributed by atoms with Crippen molar-refractivity contribution in [2.45, 2.75) is 51.9 Å². The van der Waals surface area contributed by atoms with Gasteiger partial charge in [-0.2, -0.15) is 0 Å². The van der Waals surface area contributed by atoms with E-state index in [1.807, 2.05) is 0 Å². The number of unbranched alkanes of at least 4 members (excludes halogenated alkanes) is 6. The average Bonchev–Trinajstić information content (AvgIpc) is 2.10. The van der Waals surface area contributed by atoms with Crippen LogP contribution in [0.3, 0.4) is 0 Å². The van der Waals surface area contributed by atoms with Crippen LogP contribution in [0.4, 0.5) is 0 Å². The fourth-order valence-electron chi connectivity index (χ4n) is 1.19. The summed E-state index contributed by atoms with van der Waals surface area (Å²) in [5, 5.41) is 0. The molecule has 0 aromatic heterocycles. The minimum atomic E-state index is 1.15. The summed E-state index contributed by atoms with van der Waals surface area (Å²) in [6, 6.07) is 0. The van der Waals surface area contributed by atoms with Crippen molar-refractivity contribution in [1.29, 1.82) is 0 Å². The molecule has 0 rings (SSSR count). The van der Waals surface area contributed by atoms with Crippen LogP contribution in [0.5, 0.6) is 0 Å². The highest BCUT2D eigenvalue weighted by atomic mass is 13.9. The zero-order chi connectivity index (χ0) is 9.07. The van der Waals surface area contributed by atoms with E-state index in [2.05, 4.69) is 18.9 Å². The lowest BCUT2D eigenvalue weighted by atomic mass is 10.1. The van der Waals surface area contributed by atoms with E-state index in [-0.39, 0.29) is 0 Å². The Morgan fingerprint density at radius 2 is 1.75 bits per heavy atom. The number of rotatable bonds is 7. The summed E-state index contributed by atoms with van der Waals surface area (Å²) in [4.78, 5) is 0. The fourth-order valence-corrected chi connectivity index (χ4v) is 1.19. The summed E-state index contributed by atoms with van der Waals surface area (Å²) in [6.07, 6.45) is 18.3. The number of hydrogen-bond donors (Lipinski definition) is 0. The molecule has 0 aromatic rings. The second-order valence-corrected chi connectivity index (χ2v) is 3.13. The Labute approximate surface area is 77.1 Å². The summed E-state index contributed by atoms with van der Waals surface area (Å²) in [5.74, 6) is 2.50. The lowest BCUT2D eigenvalue weighted by Gasteiger charge is -1.96. The largest absolute Gasteiger partial charge is 0.115 e. The molecule has 0 aliphatic heterocycles. The highest BCUT2D eigenvalue weighted by Gasteiger charge is 1.87. The Kier molecular flexibility index (Phi) is 9.70. The average molecular weight is 164 g/mol. The highest BCUT2D eigenvalue weighted by molar-refractivity contribution is 5.08. The zero-order valence-corrected chi connectivity index (χ0v) is 8.18. The van der Waals surface area contributed by atoms with Crippen LogP contribution in [0.25, 0.3) is 0 Å². The van der Waals surface area contributed by atoms with Crippen LogP contribution in [0.1, 0.15) is 51.9 Å². The van der Waals surface area contributed by atoms with Crippen LogP contribution in [0, 0.1) is 12.3 Å². The third-order valence-corrected chi connectivity index (χ3v) is 1.94. The van der Waals surface area contributed by atoms with Crippen LogP contribution in [-0.4, -0.2) is 0 Å². The molecule has 0 saturated heterocycles. The van der Waals surface area contributed by atoms with Gasteiger partial charge >= 0.3 is 0 Å².